The fourth-order valence-electron chi connectivity index (χ4n) is 3.10. The van der Waals surface area contributed by atoms with Crippen LogP contribution in [-0.2, 0) is 22.8 Å². The van der Waals surface area contributed by atoms with E-state index in [1.54, 1.807) is 23.9 Å². The second-order valence-corrected chi connectivity index (χ2v) is 10.2. The molecule has 0 unspecified atom stereocenters. The number of hydrogen-bond acceptors (Lipinski definition) is 5. The van der Waals surface area contributed by atoms with Crippen molar-refractivity contribution in [3.63, 3.8) is 0 Å². The lowest BCUT2D eigenvalue weighted by Gasteiger charge is -2.12. The van der Waals surface area contributed by atoms with Crippen LogP contribution in [0.25, 0.3) is 0 Å². The molecule has 5 nitrogen and oxygen atoms in total. The summed E-state index contributed by atoms with van der Waals surface area (Å²) >= 11 is 5.37. The first-order chi connectivity index (χ1) is 14.9. The fraction of sp³-hybridized carbons (Fsp3) is 0.318. The van der Waals surface area contributed by atoms with Gasteiger partial charge in [-0.2, -0.15) is 0 Å². The molecule has 0 radical (unpaired) electrons. The number of nitrogens with one attached hydrogen (secondary N) is 1. The maximum Gasteiger partial charge on any atom is 0.234 e. The molecule has 0 aliphatic carbocycles. The maximum absolute atomic E-state index is 13.0. The molecule has 3 aromatic rings. The number of carbonyl (C=O) groups excluding carboxylic acids is 1. The van der Waals surface area contributed by atoms with Crippen molar-refractivity contribution < 1.29 is 9.18 Å². The molecular formula is C22H24FIN4OS2. The zero-order valence-corrected chi connectivity index (χ0v) is 21.4. The number of rotatable bonds is 9. The van der Waals surface area contributed by atoms with Crippen molar-refractivity contribution in [2.45, 2.75) is 44.0 Å². The average Bonchev–Trinajstić information content (AvgIpc) is 3.12. The lowest BCUT2D eigenvalue weighted by molar-refractivity contribution is -0.113. The molecule has 1 heterocycles. The van der Waals surface area contributed by atoms with E-state index in [1.807, 2.05) is 25.3 Å². The van der Waals surface area contributed by atoms with Crippen LogP contribution in [0.4, 0.5) is 10.1 Å². The average molecular weight is 570 g/mol. The van der Waals surface area contributed by atoms with Gasteiger partial charge in [0.25, 0.3) is 0 Å². The molecule has 9 heteroatoms. The number of aromatic nitrogens is 3. The highest BCUT2D eigenvalue weighted by Crippen LogP contribution is 2.25. The first kappa shape index (κ1) is 24.1. The molecule has 164 valence electrons. The van der Waals surface area contributed by atoms with Crippen molar-refractivity contribution in [1.82, 2.24) is 14.8 Å². The molecular weight excluding hydrogens is 546 g/mol. The Hall–Kier alpha value is -1.59. The van der Waals surface area contributed by atoms with Crippen molar-refractivity contribution in [3.05, 3.63) is 68.3 Å². The van der Waals surface area contributed by atoms with Gasteiger partial charge in [0.15, 0.2) is 5.16 Å². The van der Waals surface area contributed by atoms with E-state index in [0.29, 0.717) is 5.75 Å². The summed E-state index contributed by atoms with van der Waals surface area (Å²) in [6.07, 6.45) is 0. The molecule has 0 saturated heterocycles. The number of benzene rings is 2. The van der Waals surface area contributed by atoms with Gasteiger partial charge in [0, 0.05) is 21.6 Å². The number of aryl methyl sites for hydroxylation is 2. The van der Waals surface area contributed by atoms with Gasteiger partial charge < -0.3 is 9.88 Å². The Kier molecular flexibility index (Phi) is 8.79. The van der Waals surface area contributed by atoms with Gasteiger partial charge in [-0.3, -0.25) is 4.79 Å². The van der Waals surface area contributed by atoms with Gasteiger partial charge in [-0.1, -0.05) is 23.9 Å². The normalized spacial score (nSPS) is 11.0. The molecule has 0 saturated carbocycles. The van der Waals surface area contributed by atoms with E-state index in [4.69, 9.17) is 0 Å². The van der Waals surface area contributed by atoms with Crippen molar-refractivity contribution in [2.75, 3.05) is 11.1 Å². The lowest BCUT2D eigenvalue weighted by atomic mass is 10.1. The van der Waals surface area contributed by atoms with Crippen LogP contribution >= 0.6 is 46.1 Å². The molecule has 0 aliphatic rings. The quantitative estimate of drug-likeness (QED) is 0.260. The Balaban J connectivity index is 1.55. The van der Waals surface area contributed by atoms with Gasteiger partial charge in [0.1, 0.15) is 11.6 Å². The summed E-state index contributed by atoms with van der Waals surface area (Å²) in [6.45, 7) is 6.78. The summed E-state index contributed by atoms with van der Waals surface area (Å²) in [5, 5.41) is 12.4. The standard InChI is InChI=1S/C22H24FIN4OS2/c1-4-28-19(12-30-11-16-5-7-17(23)8-6-16)26-27-22(28)31-13-20(29)25-21-14(2)9-18(24)10-15(21)3/h5-10H,4,11-13H2,1-3H3,(H,25,29). The van der Waals surface area contributed by atoms with E-state index in [-0.39, 0.29) is 17.5 Å². The minimum atomic E-state index is -0.225. The van der Waals surface area contributed by atoms with Crippen molar-refractivity contribution >= 4 is 57.7 Å². The van der Waals surface area contributed by atoms with Crippen LogP contribution in [0, 0.1) is 23.2 Å². The molecule has 3 rings (SSSR count). The van der Waals surface area contributed by atoms with Gasteiger partial charge in [-0.05, 0) is 84.3 Å². The summed E-state index contributed by atoms with van der Waals surface area (Å²) in [7, 11) is 0. The lowest BCUT2D eigenvalue weighted by Crippen LogP contribution is -2.16. The predicted octanol–water partition coefficient (Wildman–Crippen LogP) is 5.82. The van der Waals surface area contributed by atoms with Gasteiger partial charge in [0.05, 0.1) is 11.5 Å². The number of carbonyl (C=O) groups is 1. The summed E-state index contributed by atoms with van der Waals surface area (Å²) in [5.74, 6) is 2.34. The number of amides is 1. The smallest absolute Gasteiger partial charge is 0.234 e. The second-order valence-electron chi connectivity index (χ2n) is 7.01. The number of anilines is 1. The van der Waals surface area contributed by atoms with E-state index < -0.39 is 0 Å². The van der Waals surface area contributed by atoms with Gasteiger partial charge in [0.2, 0.25) is 5.91 Å². The van der Waals surface area contributed by atoms with E-state index >= 15 is 0 Å². The van der Waals surface area contributed by atoms with Crippen LogP contribution in [0.2, 0.25) is 0 Å². The van der Waals surface area contributed by atoms with E-state index in [1.165, 1.54) is 23.9 Å². The molecule has 0 spiro atoms. The second kappa shape index (κ2) is 11.3. The Bertz CT molecular complexity index is 1030. The van der Waals surface area contributed by atoms with Crippen LogP contribution in [0.5, 0.6) is 0 Å². The van der Waals surface area contributed by atoms with E-state index in [0.717, 1.165) is 49.2 Å². The van der Waals surface area contributed by atoms with Gasteiger partial charge in [-0.25, -0.2) is 4.39 Å². The molecule has 0 atom stereocenters. The van der Waals surface area contributed by atoms with Crippen LogP contribution in [0.3, 0.4) is 0 Å². The van der Waals surface area contributed by atoms with E-state index in [9.17, 15) is 9.18 Å². The first-order valence-electron chi connectivity index (χ1n) is 9.81. The van der Waals surface area contributed by atoms with E-state index in [2.05, 4.69) is 50.2 Å². The maximum atomic E-state index is 13.0. The largest absolute Gasteiger partial charge is 0.325 e. The van der Waals surface area contributed by atoms with Crippen LogP contribution in [0.15, 0.2) is 41.6 Å². The Morgan fingerprint density at radius 1 is 1.13 bits per heavy atom. The third-order valence-corrected chi connectivity index (χ3v) is 7.21. The number of nitrogens with zero attached hydrogens (tertiary/aromatic N) is 3. The zero-order chi connectivity index (χ0) is 22.4. The SMILES string of the molecule is CCn1c(CSCc2ccc(F)cc2)nnc1SCC(=O)Nc1c(C)cc(I)cc1C. The zero-order valence-electron chi connectivity index (χ0n) is 17.6. The molecule has 1 amide bonds. The first-order valence-corrected chi connectivity index (χ1v) is 13.0. The Morgan fingerprint density at radius 2 is 1.81 bits per heavy atom. The minimum Gasteiger partial charge on any atom is -0.325 e. The van der Waals surface area contributed by atoms with Gasteiger partial charge in [-0.15, -0.1) is 22.0 Å². The monoisotopic (exact) mass is 570 g/mol. The Labute approximate surface area is 204 Å². The van der Waals surface area contributed by atoms with Crippen molar-refractivity contribution in [1.29, 1.82) is 0 Å². The summed E-state index contributed by atoms with van der Waals surface area (Å²) in [5.41, 5.74) is 4.06. The molecule has 0 bridgehead atoms. The summed E-state index contributed by atoms with van der Waals surface area (Å²) in [4.78, 5) is 12.5. The highest BCUT2D eigenvalue weighted by atomic mass is 127. The van der Waals surface area contributed by atoms with Crippen LogP contribution in [0.1, 0.15) is 29.4 Å². The minimum absolute atomic E-state index is 0.0599. The van der Waals surface area contributed by atoms with Crippen LogP contribution in [-0.4, -0.2) is 26.4 Å². The molecule has 0 fully saturated rings. The summed E-state index contributed by atoms with van der Waals surface area (Å²) < 4.78 is 16.2. The third kappa shape index (κ3) is 6.69. The molecule has 1 aromatic heterocycles. The molecule has 1 N–H and O–H groups in total. The third-order valence-electron chi connectivity index (χ3n) is 4.62. The predicted molar refractivity (Wildman–Crippen MR) is 135 cm³/mol. The van der Waals surface area contributed by atoms with Gasteiger partial charge >= 0.3 is 0 Å². The summed E-state index contributed by atoms with van der Waals surface area (Å²) in [6, 6.07) is 10.7. The molecule has 31 heavy (non-hydrogen) atoms. The number of thioether (sulfide) groups is 2. The molecule has 2 aromatic carbocycles. The van der Waals surface area contributed by atoms with Crippen molar-refractivity contribution in [3.8, 4) is 0 Å². The topological polar surface area (TPSA) is 59.8 Å². The number of hydrogen-bond donors (Lipinski definition) is 1. The fourth-order valence-corrected chi connectivity index (χ4v) is 5.79. The molecule has 0 aliphatic heterocycles. The highest BCUT2D eigenvalue weighted by Gasteiger charge is 2.14. The highest BCUT2D eigenvalue weighted by molar-refractivity contribution is 14.1. The van der Waals surface area contributed by atoms with Crippen molar-refractivity contribution in [2.24, 2.45) is 0 Å². The van der Waals surface area contributed by atoms with Crippen LogP contribution < -0.4 is 5.32 Å². The number of halogens is 2. The Morgan fingerprint density at radius 3 is 2.45 bits per heavy atom.